The van der Waals surface area contributed by atoms with Crippen LogP contribution in [-0.2, 0) is 32.9 Å². The summed E-state index contributed by atoms with van der Waals surface area (Å²) in [5, 5.41) is 7.99. The molecular formula is C16H23N5. The lowest BCUT2D eigenvalue weighted by Crippen LogP contribution is -2.08. The SMILES string of the molecule is CCc1nn(C)cc1CNc1ncnc2c1CCCCC2. The van der Waals surface area contributed by atoms with E-state index in [0.29, 0.717) is 0 Å². The molecule has 0 amide bonds. The van der Waals surface area contributed by atoms with E-state index in [2.05, 4.69) is 33.5 Å². The second kappa shape index (κ2) is 6.24. The van der Waals surface area contributed by atoms with Crippen LogP contribution in [0, 0.1) is 0 Å². The predicted molar refractivity (Wildman–Crippen MR) is 83.2 cm³/mol. The molecule has 0 atom stereocenters. The average Bonchev–Trinajstić information content (AvgIpc) is 2.70. The first-order valence-electron chi connectivity index (χ1n) is 7.86. The van der Waals surface area contributed by atoms with Gasteiger partial charge >= 0.3 is 0 Å². The van der Waals surface area contributed by atoms with Crippen molar-refractivity contribution in [1.82, 2.24) is 19.7 Å². The minimum Gasteiger partial charge on any atom is -0.366 e. The molecule has 0 saturated carbocycles. The summed E-state index contributed by atoms with van der Waals surface area (Å²) in [7, 11) is 1.97. The summed E-state index contributed by atoms with van der Waals surface area (Å²) in [6, 6.07) is 0. The molecule has 1 aliphatic carbocycles. The summed E-state index contributed by atoms with van der Waals surface area (Å²) in [4.78, 5) is 8.93. The standard InChI is InChI=1S/C16H23N5/c1-3-14-12(10-21(2)20-14)9-17-16-13-7-5-4-6-8-15(13)18-11-19-16/h10-11H,3-9H2,1-2H3,(H,17,18,19). The van der Waals surface area contributed by atoms with Crippen molar-refractivity contribution in [3.05, 3.63) is 35.0 Å². The van der Waals surface area contributed by atoms with Crippen molar-refractivity contribution in [2.24, 2.45) is 7.05 Å². The highest BCUT2D eigenvalue weighted by atomic mass is 15.3. The molecule has 2 heterocycles. The molecular weight excluding hydrogens is 262 g/mol. The van der Waals surface area contributed by atoms with Crippen LogP contribution in [0.15, 0.2) is 12.5 Å². The van der Waals surface area contributed by atoms with Crippen molar-refractivity contribution >= 4 is 5.82 Å². The van der Waals surface area contributed by atoms with E-state index in [0.717, 1.165) is 37.3 Å². The molecule has 0 radical (unpaired) electrons. The Kier molecular flexibility index (Phi) is 4.18. The Balaban J connectivity index is 1.79. The largest absolute Gasteiger partial charge is 0.366 e. The highest BCUT2D eigenvalue weighted by Gasteiger charge is 2.14. The van der Waals surface area contributed by atoms with Gasteiger partial charge in [0.2, 0.25) is 0 Å². The van der Waals surface area contributed by atoms with Gasteiger partial charge in [-0.2, -0.15) is 5.10 Å². The molecule has 21 heavy (non-hydrogen) atoms. The quantitative estimate of drug-likeness (QED) is 0.877. The zero-order valence-electron chi connectivity index (χ0n) is 12.9. The highest BCUT2D eigenvalue weighted by Crippen LogP contribution is 2.24. The Hall–Kier alpha value is -1.91. The van der Waals surface area contributed by atoms with Crippen LogP contribution >= 0.6 is 0 Å². The molecule has 0 aliphatic heterocycles. The van der Waals surface area contributed by atoms with E-state index in [9.17, 15) is 0 Å². The maximum Gasteiger partial charge on any atom is 0.133 e. The summed E-state index contributed by atoms with van der Waals surface area (Å²) in [6.45, 7) is 2.92. The van der Waals surface area contributed by atoms with Crippen LogP contribution < -0.4 is 5.32 Å². The molecule has 1 aliphatic rings. The predicted octanol–water partition coefficient (Wildman–Crippen LogP) is 2.65. The Morgan fingerprint density at radius 1 is 1.19 bits per heavy atom. The van der Waals surface area contributed by atoms with Gasteiger partial charge in [0.15, 0.2) is 0 Å². The third-order valence-corrected chi connectivity index (χ3v) is 4.15. The first-order valence-corrected chi connectivity index (χ1v) is 7.86. The van der Waals surface area contributed by atoms with Gasteiger partial charge in [-0.1, -0.05) is 13.3 Å². The highest BCUT2D eigenvalue weighted by molar-refractivity contribution is 5.47. The second-order valence-corrected chi connectivity index (χ2v) is 5.69. The number of anilines is 1. The molecule has 112 valence electrons. The van der Waals surface area contributed by atoms with E-state index in [1.54, 1.807) is 6.33 Å². The van der Waals surface area contributed by atoms with Crippen molar-refractivity contribution < 1.29 is 0 Å². The van der Waals surface area contributed by atoms with E-state index in [-0.39, 0.29) is 0 Å². The maximum atomic E-state index is 4.49. The molecule has 0 unspecified atom stereocenters. The van der Waals surface area contributed by atoms with Crippen molar-refractivity contribution in [3.63, 3.8) is 0 Å². The summed E-state index contributed by atoms with van der Waals surface area (Å²) >= 11 is 0. The fourth-order valence-electron chi connectivity index (χ4n) is 3.06. The van der Waals surface area contributed by atoms with Crippen molar-refractivity contribution in [2.45, 2.75) is 52.0 Å². The topological polar surface area (TPSA) is 55.6 Å². The monoisotopic (exact) mass is 285 g/mol. The van der Waals surface area contributed by atoms with E-state index < -0.39 is 0 Å². The number of rotatable bonds is 4. The fraction of sp³-hybridized carbons (Fsp3) is 0.562. The van der Waals surface area contributed by atoms with Gasteiger partial charge in [-0.15, -0.1) is 0 Å². The van der Waals surface area contributed by atoms with E-state index in [4.69, 9.17) is 0 Å². The van der Waals surface area contributed by atoms with Crippen LogP contribution in [0.2, 0.25) is 0 Å². The van der Waals surface area contributed by atoms with Crippen LogP contribution in [0.3, 0.4) is 0 Å². The molecule has 5 nitrogen and oxygen atoms in total. The first kappa shape index (κ1) is 14.0. The molecule has 0 bridgehead atoms. The Labute approximate surface area is 125 Å². The summed E-state index contributed by atoms with van der Waals surface area (Å²) in [6.07, 6.45) is 10.7. The number of hydrogen-bond acceptors (Lipinski definition) is 4. The number of nitrogens with one attached hydrogen (secondary N) is 1. The molecule has 0 saturated heterocycles. The number of fused-ring (bicyclic) bond motifs is 1. The lowest BCUT2D eigenvalue weighted by Gasteiger charge is -2.12. The van der Waals surface area contributed by atoms with Gasteiger partial charge in [-0.3, -0.25) is 4.68 Å². The van der Waals surface area contributed by atoms with Gasteiger partial charge in [0.1, 0.15) is 12.1 Å². The second-order valence-electron chi connectivity index (χ2n) is 5.69. The lowest BCUT2D eigenvalue weighted by molar-refractivity contribution is 0.708. The Bertz CT molecular complexity index is 617. The van der Waals surface area contributed by atoms with Crippen molar-refractivity contribution in [1.29, 1.82) is 0 Å². The van der Waals surface area contributed by atoms with Gasteiger partial charge < -0.3 is 5.32 Å². The molecule has 2 aromatic rings. The first-order chi connectivity index (χ1) is 10.3. The van der Waals surface area contributed by atoms with Crippen LogP contribution in [-0.4, -0.2) is 19.7 Å². The van der Waals surface area contributed by atoms with Crippen LogP contribution in [0.25, 0.3) is 0 Å². The molecule has 0 spiro atoms. The van der Waals surface area contributed by atoms with Gasteiger partial charge in [0, 0.05) is 36.6 Å². The van der Waals surface area contributed by atoms with Crippen LogP contribution in [0.4, 0.5) is 5.82 Å². The third kappa shape index (κ3) is 3.06. The molecule has 0 fully saturated rings. The summed E-state index contributed by atoms with van der Waals surface area (Å²) < 4.78 is 1.89. The van der Waals surface area contributed by atoms with E-state index in [1.807, 2.05) is 11.7 Å². The average molecular weight is 285 g/mol. The molecule has 1 N–H and O–H groups in total. The van der Waals surface area contributed by atoms with Crippen molar-refractivity contribution in [3.8, 4) is 0 Å². The summed E-state index contributed by atoms with van der Waals surface area (Å²) in [5.41, 5.74) is 4.95. The molecule has 2 aromatic heterocycles. The van der Waals surface area contributed by atoms with Crippen molar-refractivity contribution in [2.75, 3.05) is 5.32 Å². The minimum atomic E-state index is 0.778. The molecule has 5 heteroatoms. The third-order valence-electron chi connectivity index (χ3n) is 4.15. The number of hydrogen-bond donors (Lipinski definition) is 1. The number of aryl methyl sites for hydroxylation is 3. The van der Waals surface area contributed by atoms with E-state index >= 15 is 0 Å². The van der Waals surface area contributed by atoms with Gasteiger partial charge in [0.25, 0.3) is 0 Å². The minimum absolute atomic E-state index is 0.778. The smallest absolute Gasteiger partial charge is 0.133 e. The van der Waals surface area contributed by atoms with E-state index in [1.165, 1.54) is 36.1 Å². The Morgan fingerprint density at radius 3 is 2.90 bits per heavy atom. The lowest BCUT2D eigenvalue weighted by atomic mass is 10.1. The van der Waals surface area contributed by atoms with Gasteiger partial charge in [-0.25, -0.2) is 9.97 Å². The zero-order valence-corrected chi connectivity index (χ0v) is 12.9. The molecule has 0 aromatic carbocycles. The molecule has 3 rings (SSSR count). The van der Waals surface area contributed by atoms with Crippen LogP contribution in [0.5, 0.6) is 0 Å². The number of aromatic nitrogens is 4. The summed E-state index contributed by atoms with van der Waals surface area (Å²) in [5.74, 6) is 1.01. The van der Waals surface area contributed by atoms with Crippen LogP contribution in [0.1, 0.15) is 48.7 Å². The fourth-order valence-corrected chi connectivity index (χ4v) is 3.06. The number of nitrogens with zero attached hydrogens (tertiary/aromatic N) is 4. The maximum absolute atomic E-state index is 4.49. The zero-order chi connectivity index (χ0) is 14.7. The normalized spacial score (nSPS) is 14.6. The van der Waals surface area contributed by atoms with Gasteiger partial charge in [0.05, 0.1) is 5.69 Å². The Morgan fingerprint density at radius 2 is 2.05 bits per heavy atom. The van der Waals surface area contributed by atoms with Gasteiger partial charge in [-0.05, 0) is 32.1 Å².